The van der Waals surface area contributed by atoms with Gasteiger partial charge in [-0.2, -0.15) is 0 Å². The van der Waals surface area contributed by atoms with Gasteiger partial charge in [-0.05, 0) is 29.1 Å². The Morgan fingerprint density at radius 3 is 2.52 bits per heavy atom. The van der Waals surface area contributed by atoms with Gasteiger partial charge in [-0.15, -0.1) is 11.3 Å². The lowest BCUT2D eigenvalue weighted by Crippen LogP contribution is -2.42. The highest BCUT2D eigenvalue weighted by Gasteiger charge is 2.32. The van der Waals surface area contributed by atoms with Crippen LogP contribution in [0.25, 0.3) is 22.3 Å². The molecule has 1 aliphatic rings. The molecular weight excluding hydrogens is 356 g/mol. The Bertz CT molecular complexity index is 1110. The number of hydrogen-bond acceptors (Lipinski definition) is 3. The summed E-state index contributed by atoms with van der Waals surface area (Å²) in [4.78, 5) is 21.7. The summed E-state index contributed by atoms with van der Waals surface area (Å²) in [5.74, 6) is 0.751. The van der Waals surface area contributed by atoms with E-state index in [2.05, 4.69) is 15.6 Å². The molecule has 3 heterocycles. The molecule has 0 spiro atoms. The summed E-state index contributed by atoms with van der Waals surface area (Å²) in [7, 11) is 0. The molecule has 4 aromatic rings. The molecule has 1 atom stereocenters. The average molecular weight is 372 g/mol. The van der Waals surface area contributed by atoms with Crippen LogP contribution in [0.3, 0.4) is 0 Å². The van der Waals surface area contributed by atoms with E-state index in [1.54, 1.807) is 11.3 Å². The van der Waals surface area contributed by atoms with E-state index in [-0.39, 0.29) is 12.1 Å². The lowest BCUT2D eigenvalue weighted by molar-refractivity contribution is 0.242. The number of imidazole rings is 1. The third kappa shape index (κ3) is 2.80. The van der Waals surface area contributed by atoms with Crippen molar-refractivity contribution in [2.45, 2.75) is 6.04 Å². The summed E-state index contributed by atoms with van der Waals surface area (Å²) < 4.78 is 0. The van der Waals surface area contributed by atoms with Gasteiger partial charge in [0, 0.05) is 10.5 Å². The topological polar surface area (TPSA) is 69.8 Å². The number of rotatable bonds is 3. The third-order valence-electron chi connectivity index (χ3n) is 4.61. The van der Waals surface area contributed by atoms with E-state index in [1.165, 1.54) is 0 Å². The predicted octanol–water partition coefficient (Wildman–Crippen LogP) is 4.55. The van der Waals surface area contributed by atoms with Gasteiger partial charge >= 0.3 is 6.03 Å². The standard InChI is InChI=1S/C21H16N4OS/c26-21-24-18(13-7-2-1-3-8-13)17(19(25-21)16-11-6-12-27-16)20-22-14-9-4-5-10-15(14)23-20/h1-12,19H,(H,22,23)(H2,24,25,26). The van der Waals surface area contributed by atoms with Crippen LogP contribution in [-0.4, -0.2) is 16.0 Å². The molecule has 2 aromatic carbocycles. The van der Waals surface area contributed by atoms with Crippen molar-refractivity contribution in [3.63, 3.8) is 0 Å². The van der Waals surface area contributed by atoms with E-state index in [4.69, 9.17) is 4.98 Å². The van der Waals surface area contributed by atoms with Crippen LogP contribution in [0.1, 0.15) is 22.3 Å². The summed E-state index contributed by atoms with van der Waals surface area (Å²) in [6, 6.07) is 21.4. The maximum Gasteiger partial charge on any atom is 0.320 e. The van der Waals surface area contributed by atoms with Gasteiger partial charge in [-0.25, -0.2) is 9.78 Å². The summed E-state index contributed by atoms with van der Waals surface area (Å²) >= 11 is 1.62. The van der Waals surface area contributed by atoms with E-state index < -0.39 is 0 Å². The first kappa shape index (κ1) is 15.8. The second kappa shape index (κ2) is 6.41. The number of para-hydroxylation sites is 2. The first-order valence-corrected chi connectivity index (χ1v) is 9.53. The van der Waals surface area contributed by atoms with Gasteiger partial charge in [0.05, 0.1) is 22.8 Å². The molecular formula is C21H16N4OS. The van der Waals surface area contributed by atoms with Gasteiger partial charge in [0.25, 0.3) is 0 Å². The van der Waals surface area contributed by atoms with Crippen LogP contribution >= 0.6 is 11.3 Å². The molecule has 3 N–H and O–H groups in total. The Kier molecular flexibility index (Phi) is 3.76. The highest BCUT2D eigenvalue weighted by molar-refractivity contribution is 7.10. The van der Waals surface area contributed by atoms with E-state index in [9.17, 15) is 4.79 Å². The van der Waals surface area contributed by atoms with Crippen molar-refractivity contribution >= 4 is 39.7 Å². The lowest BCUT2D eigenvalue weighted by Gasteiger charge is -2.29. The minimum Gasteiger partial charge on any atom is -0.338 e. The number of nitrogens with zero attached hydrogens (tertiary/aromatic N) is 1. The molecule has 6 heteroatoms. The molecule has 0 saturated carbocycles. The molecule has 0 bridgehead atoms. The van der Waals surface area contributed by atoms with E-state index in [0.717, 1.165) is 38.6 Å². The molecule has 27 heavy (non-hydrogen) atoms. The molecule has 0 aliphatic carbocycles. The Balaban J connectivity index is 1.78. The van der Waals surface area contributed by atoms with E-state index in [1.807, 2.05) is 72.1 Å². The SMILES string of the molecule is O=C1NC(c2ccccc2)=C(c2nc3ccccc3[nH]2)C(c2cccs2)N1. The first-order valence-electron chi connectivity index (χ1n) is 8.65. The van der Waals surface area contributed by atoms with E-state index in [0.29, 0.717) is 0 Å². The number of thiophene rings is 1. The molecule has 132 valence electrons. The van der Waals surface area contributed by atoms with Gasteiger partial charge < -0.3 is 15.6 Å². The highest BCUT2D eigenvalue weighted by atomic mass is 32.1. The summed E-state index contributed by atoms with van der Waals surface area (Å²) in [6.07, 6.45) is 0. The van der Waals surface area contributed by atoms with Crippen LogP contribution in [0.4, 0.5) is 4.79 Å². The van der Waals surface area contributed by atoms with Crippen LogP contribution in [0, 0.1) is 0 Å². The summed E-state index contributed by atoms with van der Waals surface area (Å²) in [5, 5.41) is 8.06. The van der Waals surface area contributed by atoms with Gasteiger partial charge in [0.15, 0.2) is 0 Å². The zero-order valence-corrected chi connectivity index (χ0v) is 15.1. The number of urea groups is 1. The summed E-state index contributed by atoms with van der Waals surface area (Å²) in [6.45, 7) is 0. The average Bonchev–Trinajstić information content (AvgIpc) is 3.37. The van der Waals surface area contributed by atoms with Crippen molar-refractivity contribution in [1.29, 1.82) is 0 Å². The van der Waals surface area contributed by atoms with Crippen LogP contribution in [0.5, 0.6) is 0 Å². The summed E-state index contributed by atoms with van der Waals surface area (Å²) in [5.41, 5.74) is 4.52. The third-order valence-corrected chi connectivity index (χ3v) is 5.54. The van der Waals surface area contributed by atoms with Crippen molar-refractivity contribution < 1.29 is 4.79 Å². The minimum atomic E-state index is -0.269. The van der Waals surface area contributed by atoms with Crippen LogP contribution in [-0.2, 0) is 0 Å². The maximum atomic E-state index is 12.4. The minimum absolute atomic E-state index is 0.216. The number of fused-ring (bicyclic) bond motifs is 1. The normalized spacial score (nSPS) is 17.0. The Hall–Kier alpha value is -3.38. The number of amides is 2. The largest absolute Gasteiger partial charge is 0.338 e. The van der Waals surface area contributed by atoms with E-state index >= 15 is 0 Å². The number of carbonyl (C=O) groups excluding carboxylic acids is 1. The molecule has 1 aliphatic heterocycles. The van der Waals surface area contributed by atoms with Gasteiger partial charge in [0.1, 0.15) is 5.82 Å². The Morgan fingerprint density at radius 1 is 0.926 bits per heavy atom. The van der Waals surface area contributed by atoms with Gasteiger partial charge in [-0.3, -0.25) is 0 Å². The zero-order valence-electron chi connectivity index (χ0n) is 14.3. The number of aromatic nitrogens is 2. The molecule has 5 nitrogen and oxygen atoms in total. The van der Waals surface area contributed by atoms with Crippen molar-refractivity contribution in [3.05, 3.63) is 88.4 Å². The smallest absolute Gasteiger partial charge is 0.320 e. The second-order valence-electron chi connectivity index (χ2n) is 6.30. The van der Waals surface area contributed by atoms with Crippen molar-refractivity contribution in [2.75, 3.05) is 0 Å². The zero-order chi connectivity index (χ0) is 18.2. The quantitative estimate of drug-likeness (QED) is 0.494. The number of hydrogen-bond donors (Lipinski definition) is 3. The number of benzene rings is 2. The maximum absolute atomic E-state index is 12.4. The second-order valence-corrected chi connectivity index (χ2v) is 7.28. The van der Waals surface area contributed by atoms with Crippen LogP contribution < -0.4 is 10.6 Å². The molecule has 2 amide bonds. The van der Waals surface area contributed by atoms with Crippen molar-refractivity contribution in [1.82, 2.24) is 20.6 Å². The molecule has 2 aromatic heterocycles. The molecule has 5 rings (SSSR count). The molecule has 0 radical (unpaired) electrons. The number of H-pyrrole nitrogens is 1. The van der Waals surface area contributed by atoms with Crippen LogP contribution in [0.2, 0.25) is 0 Å². The van der Waals surface area contributed by atoms with Gasteiger partial charge in [0.2, 0.25) is 0 Å². The molecule has 0 saturated heterocycles. The number of aromatic amines is 1. The fraction of sp³-hybridized carbons (Fsp3) is 0.0476. The monoisotopic (exact) mass is 372 g/mol. The number of carbonyl (C=O) groups is 1. The lowest BCUT2D eigenvalue weighted by atomic mass is 9.96. The fourth-order valence-electron chi connectivity index (χ4n) is 3.40. The van der Waals surface area contributed by atoms with Crippen molar-refractivity contribution in [2.24, 2.45) is 0 Å². The Labute approximate surface area is 159 Å². The Morgan fingerprint density at radius 2 is 1.74 bits per heavy atom. The van der Waals surface area contributed by atoms with Gasteiger partial charge in [-0.1, -0.05) is 48.5 Å². The molecule has 0 fully saturated rings. The first-order chi connectivity index (χ1) is 13.3. The van der Waals surface area contributed by atoms with Crippen LogP contribution in [0.15, 0.2) is 72.1 Å². The fourth-order valence-corrected chi connectivity index (χ4v) is 4.19. The van der Waals surface area contributed by atoms with Crippen molar-refractivity contribution in [3.8, 4) is 0 Å². The molecule has 1 unspecified atom stereocenters. The predicted molar refractivity (Wildman–Crippen MR) is 108 cm³/mol. The highest BCUT2D eigenvalue weighted by Crippen LogP contribution is 2.38. The number of nitrogens with one attached hydrogen (secondary N) is 3.